The monoisotopic (exact) mass is 213 g/mol. The molecule has 0 aromatic heterocycles. The summed E-state index contributed by atoms with van der Waals surface area (Å²) in [6.45, 7) is 1.24. The van der Waals surface area contributed by atoms with Crippen molar-refractivity contribution < 1.29 is 18.8 Å². The molecule has 0 saturated carbocycles. The summed E-state index contributed by atoms with van der Waals surface area (Å²) in [4.78, 5) is 20.8. The summed E-state index contributed by atoms with van der Waals surface area (Å²) in [5, 5.41) is 10.4. The number of methoxy groups -OCH3 is 1. The molecular formula is C9H8FNO4. The van der Waals surface area contributed by atoms with Crippen LogP contribution in [-0.2, 0) is 4.74 Å². The third-order valence-corrected chi connectivity index (χ3v) is 1.96. The van der Waals surface area contributed by atoms with Crippen molar-refractivity contribution in [3.63, 3.8) is 0 Å². The van der Waals surface area contributed by atoms with Crippen molar-refractivity contribution in [2.45, 2.75) is 6.92 Å². The molecule has 0 spiro atoms. The smallest absolute Gasteiger partial charge is 0.340 e. The molecule has 0 atom stereocenters. The summed E-state index contributed by atoms with van der Waals surface area (Å²) in [5.41, 5.74) is -0.844. The second-order valence-corrected chi connectivity index (χ2v) is 2.82. The van der Waals surface area contributed by atoms with Crippen LogP contribution in [0.2, 0.25) is 0 Å². The largest absolute Gasteiger partial charge is 0.465 e. The third kappa shape index (κ3) is 1.93. The van der Waals surface area contributed by atoms with Crippen molar-refractivity contribution in [2.75, 3.05) is 7.11 Å². The molecule has 0 N–H and O–H groups in total. The Balaban J connectivity index is 3.33. The highest BCUT2D eigenvalue weighted by molar-refractivity contribution is 5.90. The summed E-state index contributed by atoms with van der Waals surface area (Å²) >= 11 is 0. The second kappa shape index (κ2) is 4.04. The third-order valence-electron chi connectivity index (χ3n) is 1.96. The molecule has 1 rings (SSSR count). The van der Waals surface area contributed by atoms with Crippen LogP contribution in [0.15, 0.2) is 12.1 Å². The Kier molecular flexibility index (Phi) is 2.99. The van der Waals surface area contributed by atoms with E-state index in [9.17, 15) is 19.3 Å². The predicted octanol–water partition coefficient (Wildman–Crippen LogP) is 1.83. The maximum atomic E-state index is 13.5. The number of carbonyl (C=O) groups excluding carboxylic acids is 1. The van der Waals surface area contributed by atoms with E-state index in [0.29, 0.717) is 0 Å². The van der Waals surface area contributed by atoms with E-state index in [4.69, 9.17) is 0 Å². The fraction of sp³-hybridized carbons (Fsp3) is 0.222. The first-order valence-electron chi connectivity index (χ1n) is 4.00. The Labute approximate surface area is 84.6 Å². The molecule has 15 heavy (non-hydrogen) atoms. The van der Waals surface area contributed by atoms with Gasteiger partial charge in [0.05, 0.1) is 23.2 Å². The molecule has 1 aromatic carbocycles. The highest BCUT2D eigenvalue weighted by Crippen LogP contribution is 2.23. The minimum absolute atomic E-state index is 0.178. The summed E-state index contributed by atoms with van der Waals surface area (Å²) in [5.74, 6) is -1.78. The molecule has 0 bridgehead atoms. The molecule has 6 heteroatoms. The minimum Gasteiger partial charge on any atom is -0.465 e. The standard InChI is InChI=1S/C9H8FNO4/c1-5-7(11(13)14)4-3-6(8(5)10)9(12)15-2/h3-4H,1-2H3. The summed E-state index contributed by atoms with van der Waals surface area (Å²) < 4.78 is 17.8. The lowest BCUT2D eigenvalue weighted by atomic mass is 10.1. The van der Waals surface area contributed by atoms with Crippen molar-refractivity contribution in [1.82, 2.24) is 0 Å². The average Bonchev–Trinajstić information content (AvgIpc) is 2.20. The Hall–Kier alpha value is -1.98. The summed E-state index contributed by atoms with van der Waals surface area (Å²) in [6.07, 6.45) is 0. The number of halogens is 1. The summed E-state index contributed by atoms with van der Waals surface area (Å²) in [7, 11) is 1.11. The van der Waals surface area contributed by atoms with Crippen LogP contribution in [0.4, 0.5) is 10.1 Å². The zero-order valence-electron chi connectivity index (χ0n) is 8.11. The zero-order valence-corrected chi connectivity index (χ0v) is 8.11. The number of esters is 1. The van der Waals surface area contributed by atoms with E-state index in [0.717, 1.165) is 19.2 Å². The molecule has 0 aliphatic rings. The van der Waals surface area contributed by atoms with Gasteiger partial charge in [0.15, 0.2) is 0 Å². The Morgan fingerprint density at radius 1 is 1.53 bits per heavy atom. The van der Waals surface area contributed by atoms with Gasteiger partial charge in [-0.1, -0.05) is 0 Å². The van der Waals surface area contributed by atoms with E-state index in [-0.39, 0.29) is 16.8 Å². The van der Waals surface area contributed by atoms with E-state index in [1.165, 1.54) is 6.92 Å². The SMILES string of the molecule is COC(=O)c1ccc([N+](=O)[O-])c(C)c1F. The molecule has 0 saturated heterocycles. The van der Waals surface area contributed by atoms with E-state index in [2.05, 4.69) is 4.74 Å². The van der Waals surface area contributed by atoms with E-state index in [1.54, 1.807) is 0 Å². The predicted molar refractivity (Wildman–Crippen MR) is 49.1 cm³/mol. The van der Waals surface area contributed by atoms with Gasteiger partial charge in [0.2, 0.25) is 0 Å². The quantitative estimate of drug-likeness (QED) is 0.427. The van der Waals surface area contributed by atoms with Crippen LogP contribution in [0.1, 0.15) is 15.9 Å². The van der Waals surface area contributed by atoms with Gasteiger partial charge in [-0.25, -0.2) is 9.18 Å². The van der Waals surface area contributed by atoms with Gasteiger partial charge < -0.3 is 4.74 Å². The van der Waals surface area contributed by atoms with Crippen LogP contribution in [-0.4, -0.2) is 18.0 Å². The highest BCUT2D eigenvalue weighted by Gasteiger charge is 2.21. The van der Waals surface area contributed by atoms with Crippen molar-refractivity contribution in [3.8, 4) is 0 Å². The van der Waals surface area contributed by atoms with Gasteiger partial charge in [0.25, 0.3) is 5.69 Å². The molecule has 0 radical (unpaired) electrons. The first-order chi connectivity index (χ1) is 6.99. The number of benzene rings is 1. The van der Waals surface area contributed by atoms with Crippen molar-refractivity contribution >= 4 is 11.7 Å². The Morgan fingerprint density at radius 3 is 2.60 bits per heavy atom. The van der Waals surface area contributed by atoms with Crippen LogP contribution < -0.4 is 0 Å². The van der Waals surface area contributed by atoms with E-state index >= 15 is 0 Å². The normalized spacial score (nSPS) is 9.80. The lowest BCUT2D eigenvalue weighted by molar-refractivity contribution is -0.385. The Morgan fingerprint density at radius 2 is 2.13 bits per heavy atom. The number of rotatable bonds is 2. The number of nitrogens with zero attached hydrogens (tertiary/aromatic N) is 1. The molecule has 0 fully saturated rings. The number of carbonyl (C=O) groups is 1. The number of hydrogen-bond acceptors (Lipinski definition) is 4. The second-order valence-electron chi connectivity index (χ2n) is 2.82. The minimum atomic E-state index is -0.920. The molecule has 0 unspecified atom stereocenters. The number of ether oxygens (including phenoxy) is 1. The lowest BCUT2D eigenvalue weighted by Crippen LogP contribution is -2.07. The van der Waals surface area contributed by atoms with Gasteiger partial charge in [-0.05, 0) is 13.0 Å². The first-order valence-corrected chi connectivity index (χ1v) is 4.00. The van der Waals surface area contributed by atoms with Crippen molar-refractivity contribution in [1.29, 1.82) is 0 Å². The average molecular weight is 213 g/mol. The molecule has 5 nitrogen and oxygen atoms in total. The summed E-state index contributed by atoms with van der Waals surface area (Å²) in [6, 6.07) is 2.11. The number of nitro benzene ring substituents is 1. The van der Waals surface area contributed by atoms with E-state index in [1.807, 2.05) is 0 Å². The fourth-order valence-electron chi connectivity index (χ4n) is 1.14. The van der Waals surface area contributed by atoms with Gasteiger partial charge in [0, 0.05) is 6.07 Å². The first kappa shape index (κ1) is 11.1. The van der Waals surface area contributed by atoms with Crippen molar-refractivity contribution in [3.05, 3.63) is 39.2 Å². The molecule has 0 aliphatic carbocycles. The molecule has 0 heterocycles. The Bertz CT molecular complexity index is 430. The topological polar surface area (TPSA) is 69.4 Å². The zero-order chi connectivity index (χ0) is 11.6. The highest BCUT2D eigenvalue weighted by atomic mass is 19.1. The lowest BCUT2D eigenvalue weighted by Gasteiger charge is -2.03. The molecule has 0 aliphatic heterocycles. The molecule has 0 amide bonds. The van der Waals surface area contributed by atoms with Gasteiger partial charge in [-0.15, -0.1) is 0 Å². The van der Waals surface area contributed by atoms with Crippen LogP contribution in [0, 0.1) is 22.9 Å². The van der Waals surface area contributed by atoms with Crippen LogP contribution >= 0.6 is 0 Å². The molecule has 1 aromatic rings. The maximum Gasteiger partial charge on any atom is 0.340 e. The van der Waals surface area contributed by atoms with Crippen LogP contribution in [0.25, 0.3) is 0 Å². The van der Waals surface area contributed by atoms with Crippen LogP contribution in [0.5, 0.6) is 0 Å². The number of nitro groups is 1. The van der Waals surface area contributed by atoms with Gasteiger partial charge in [0.1, 0.15) is 5.82 Å². The number of hydrogen-bond donors (Lipinski definition) is 0. The molecular weight excluding hydrogens is 205 g/mol. The van der Waals surface area contributed by atoms with Gasteiger partial charge >= 0.3 is 5.97 Å². The van der Waals surface area contributed by atoms with E-state index < -0.39 is 16.7 Å². The van der Waals surface area contributed by atoms with Crippen molar-refractivity contribution in [2.24, 2.45) is 0 Å². The van der Waals surface area contributed by atoms with Crippen LogP contribution in [0.3, 0.4) is 0 Å². The van der Waals surface area contributed by atoms with Gasteiger partial charge in [-0.3, -0.25) is 10.1 Å². The molecule has 80 valence electrons. The maximum absolute atomic E-state index is 13.5. The fourth-order valence-corrected chi connectivity index (χ4v) is 1.14. The van der Waals surface area contributed by atoms with Gasteiger partial charge in [-0.2, -0.15) is 0 Å².